The smallest absolute Gasteiger partial charge is 0.332 e. The van der Waals surface area contributed by atoms with Crippen molar-refractivity contribution in [1.82, 2.24) is 24.1 Å². The summed E-state index contributed by atoms with van der Waals surface area (Å²) in [4.78, 5) is 41.1. The number of aryl methyl sites for hydroxylation is 1. The van der Waals surface area contributed by atoms with Crippen molar-refractivity contribution < 1.29 is 9.90 Å². The SMILES string of the molecule is Cn1c(=O)c2ncn(CC(=O)N/N=C\c3cc(C(C)(C)C)c(O)c(C(C)(C)C)c3)c2n(C)c1=O. The second kappa shape index (κ2) is 8.58. The molecule has 3 rings (SSSR count). The molecule has 0 saturated carbocycles. The minimum atomic E-state index is -0.521. The van der Waals surface area contributed by atoms with Crippen LogP contribution in [0.2, 0.25) is 0 Å². The summed E-state index contributed by atoms with van der Waals surface area (Å²) in [6, 6.07) is 3.71. The van der Waals surface area contributed by atoms with Crippen molar-refractivity contribution >= 4 is 23.3 Å². The van der Waals surface area contributed by atoms with Gasteiger partial charge >= 0.3 is 5.69 Å². The highest BCUT2D eigenvalue weighted by molar-refractivity contribution is 5.84. The molecule has 2 N–H and O–H groups in total. The fourth-order valence-corrected chi connectivity index (χ4v) is 3.80. The predicted octanol–water partition coefficient (Wildman–Crippen LogP) is 1.88. The van der Waals surface area contributed by atoms with E-state index in [1.807, 2.05) is 53.7 Å². The van der Waals surface area contributed by atoms with Crippen LogP contribution in [0.3, 0.4) is 0 Å². The Balaban J connectivity index is 1.86. The van der Waals surface area contributed by atoms with Crippen molar-refractivity contribution in [2.24, 2.45) is 19.2 Å². The molecule has 2 heterocycles. The topological polar surface area (TPSA) is 124 Å². The Bertz CT molecular complexity index is 1380. The Morgan fingerprint density at radius 2 is 1.62 bits per heavy atom. The lowest BCUT2D eigenvalue weighted by atomic mass is 9.78. The number of phenolic OH excluding ortho intramolecular Hbond substituents is 1. The van der Waals surface area contributed by atoms with Crippen LogP contribution in [0.5, 0.6) is 5.75 Å². The van der Waals surface area contributed by atoms with Crippen molar-refractivity contribution in [2.75, 3.05) is 0 Å². The van der Waals surface area contributed by atoms with E-state index in [9.17, 15) is 19.5 Å². The number of nitrogens with zero attached hydrogens (tertiary/aromatic N) is 5. The molecule has 182 valence electrons. The third-order valence-corrected chi connectivity index (χ3v) is 5.67. The van der Waals surface area contributed by atoms with E-state index in [-0.39, 0.29) is 34.3 Å². The number of aromatic hydroxyl groups is 1. The Morgan fingerprint density at radius 3 is 2.15 bits per heavy atom. The lowest BCUT2D eigenvalue weighted by Crippen LogP contribution is -2.37. The number of benzene rings is 1. The van der Waals surface area contributed by atoms with Gasteiger partial charge in [-0.05, 0) is 28.5 Å². The number of rotatable bonds is 4. The number of aromatic nitrogens is 4. The minimum absolute atomic E-state index is 0.106. The first kappa shape index (κ1) is 24.9. The summed E-state index contributed by atoms with van der Waals surface area (Å²) in [5, 5.41) is 14.9. The van der Waals surface area contributed by atoms with Gasteiger partial charge in [0.05, 0.1) is 12.5 Å². The number of phenols is 1. The van der Waals surface area contributed by atoms with E-state index in [0.29, 0.717) is 0 Å². The summed E-state index contributed by atoms with van der Waals surface area (Å²) in [6.07, 6.45) is 2.87. The number of hydrazone groups is 1. The molecule has 0 aliphatic carbocycles. The largest absolute Gasteiger partial charge is 0.507 e. The molecule has 34 heavy (non-hydrogen) atoms. The lowest BCUT2D eigenvalue weighted by Gasteiger charge is -2.27. The van der Waals surface area contributed by atoms with Gasteiger partial charge in [-0.3, -0.25) is 18.7 Å². The van der Waals surface area contributed by atoms with Gasteiger partial charge in [0, 0.05) is 25.2 Å². The van der Waals surface area contributed by atoms with E-state index < -0.39 is 17.2 Å². The highest BCUT2D eigenvalue weighted by Gasteiger charge is 2.26. The van der Waals surface area contributed by atoms with Crippen LogP contribution in [0.15, 0.2) is 33.2 Å². The molecule has 0 fully saturated rings. The summed E-state index contributed by atoms with van der Waals surface area (Å²) in [7, 11) is 2.90. The molecule has 0 aliphatic heterocycles. The van der Waals surface area contributed by atoms with Gasteiger partial charge in [0.2, 0.25) is 0 Å². The maximum absolute atomic E-state index is 12.5. The maximum Gasteiger partial charge on any atom is 0.332 e. The molecule has 2 aromatic heterocycles. The van der Waals surface area contributed by atoms with Gasteiger partial charge in [0.25, 0.3) is 11.5 Å². The maximum atomic E-state index is 12.5. The molecular formula is C24H32N6O4. The fourth-order valence-electron chi connectivity index (χ4n) is 3.80. The molecule has 1 amide bonds. The monoisotopic (exact) mass is 468 g/mol. The van der Waals surface area contributed by atoms with Gasteiger partial charge in [-0.25, -0.2) is 15.2 Å². The van der Waals surface area contributed by atoms with Gasteiger partial charge in [-0.15, -0.1) is 0 Å². The summed E-state index contributed by atoms with van der Waals surface area (Å²) >= 11 is 0. The Labute approximate surface area is 197 Å². The molecule has 0 bridgehead atoms. The molecule has 0 radical (unpaired) electrons. The normalized spacial score (nSPS) is 12.6. The van der Waals surface area contributed by atoms with Crippen LogP contribution in [-0.2, 0) is 36.3 Å². The summed E-state index contributed by atoms with van der Waals surface area (Å²) < 4.78 is 3.68. The zero-order valence-electron chi connectivity index (χ0n) is 20.9. The number of carbonyl (C=O) groups is 1. The van der Waals surface area contributed by atoms with Crippen LogP contribution in [0.25, 0.3) is 11.2 Å². The first-order valence-electron chi connectivity index (χ1n) is 10.9. The number of fused-ring (bicyclic) bond motifs is 1. The molecule has 0 atom stereocenters. The van der Waals surface area contributed by atoms with Crippen molar-refractivity contribution in [3.8, 4) is 5.75 Å². The van der Waals surface area contributed by atoms with Crippen LogP contribution in [-0.4, -0.2) is 35.9 Å². The summed E-state index contributed by atoms with van der Waals surface area (Å²) in [5.41, 5.74) is 3.57. The number of imidazole rings is 1. The van der Waals surface area contributed by atoms with E-state index in [1.54, 1.807) is 0 Å². The fraction of sp³-hybridized carbons (Fsp3) is 0.458. The molecule has 3 aromatic rings. The zero-order valence-corrected chi connectivity index (χ0v) is 20.9. The first-order valence-corrected chi connectivity index (χ1v) is 10.9. The Morgan fingerprint density at radius 1 is 1.06 bits per heavy atom. The standard InChI is InChI=1S/C24H32N6O4/c1-23(2,3)15-9-14(10-16(19(15)32)24(4,5)6)11-26-27-17(31)12-30-13-25-18-20(30)28(7)22(34)29(8)21(18)33/h9-11,13,32H,12H2,1-8H3,(H,27,31)/b26-11-. The summed E-state index contributed by atoms with van der Waals surface area (Å²) in [6.45, 7) is 12.0. The van der Waals surface area contributed by atoms with Crippen molar-refractivity contribution in [3.63, 3.8) is 0 Å². The molecule has 0 spiro atoms. The third-order valence-electron chi connectivity index (χ3n) is 5.67. The van der Waals surface area contributed by atoms with E-state index in [4.69, 9.17) is 0 Å². The molecule has 10 nitrogen and oxygen atoms in total. The zero-order chi connectivity index (χ0) is 25.6. The van der Waals surface area contributed by atoms with Crippen LogP contribution in [0, 0.1) is 0 Å². The highest BCUT2D eigenvalue weighted by atomic mass is 16.3. The predicted molar refractivity (Wildman–Crippen MR) is 131 cm³/mol. The third kappa shape index (κ3) is 4.66. The van der Waals surface area contributed by atoms with Crippen molar-refractivity contribution in [1.29, 1.82) is 0 Å². The van der Waals surface area contributed by atoms with Gasteiger partial charge in [0.1, 0.15) is 17.9 Å². The van der Waals surface area contributed by atoms with Crippen molar-refractivity contribution in [3.05, 3.63) is 56.0 Å². The van der Waals surface area contributed by atoms with Gasteiger partial charge in [-0.1, -0.05) is 41.5 Å². The average Bonchev–Trinajstić information content (AvgIpc) is 3.13. The summed E-state index contributed by atoms with van der Waals surface area (Å²) in [5.74, 6) is -0.181. The van der Waals surface area contributed by atoms with Crippen LogP contribution in [0.4, 0.5) is 0 Å². The molecule has 0 unspecified atom stereocenters. The van der Waals surface area contributed by atoms with E-state index in [0.717, 1.165) is 21.3 Å². The second-order valence-electron chi connectivity index (χ2n) is 10.5. The number of nitrogens with one attached hydrogen (secondary N) is 1. The van der Waals surface area contributed by atoms with Gasteiger partial charge in [-0.2, -0.15) is 5.10 Å². The Kier molecular flexibility index (Phi) is 6.30. The quantitative estimate of drug-likeness (QED) is 0.447. The minimum Gasteiger partial charge on any atom is -0.507 e. The first-order chi connectivity index (χ1) is 15.6. The van der Waals surface area contributed by atoms with E-state index >= 15 is 0 Å². The number of hydrogen-bond donors (Lipinski definition) is 2. The molecule has 0 aliphatic rings. The van der Waals surface area contributed by atoms with Crippen LogP contribution < -0.4 is 16.7 Å². The lowest BCUT2D eigenvalue weighted by molar-refractivity contribution is -0.121. The average molecular weight is 469 g/mol. The molecule has 10 heteroatoms. The second-order valence-corrected chi connectivity index (χ2v) is 10.5. The molecule has 1 aromatic carbocycles. The van der Waals surface area contributed by atoms with Crippen molar-refractivity contribution in [2.45, 2.75) is 58.9 Å². The van der Waals surface area contributed by atoms with Gasteiger partial charge in [0.15, 0.2) is 5.52 Å². The molecule has 0 saturated heterocycles. The number of carbonyl (C=O) groups excluding carboxylic acids is 1. The van der Waals surface area contributed by atoms with E-state index in [1.165, 1.54) is 35.8 Å². The molecular weight excluding hydrogens is 436 g/mol. The highest BCUT2D eigenvalue weighted by Crippen LogP contribution is 2.39. The number of hydrogen-bond acceptors (Lipinski definition) is 6. The van der Waals surface area contributed by atoms with Crippen LogP contribution >= 0.6 is 0 Å². The number of amides is 1. The Hall–Kier alpha value is -3.69. The van der Waals surface area contributed by atoms with Crippen LogP contribution in [0.1, 0.15) is 58.2 Å². The van der Waals surface area contributed by atoms with E-state index in [2.05, 4.69) is 15.5 Å². The van der Waals surface area contributed by atoms with Gasteiger partial charge < -0.3 is 9.67 Å².